The first-order valence-corrected chi connectivity index (χ1v) is 7.30. The topological polar surface area (TPSA) is 42.0 Å². The number of nitrogens with zero attached hydrogens (tertiary/aromatic N) is 1. The maximum atomic E-state index is 12.6. The van der Waals surface area contributed by atoms with Crippen LogP contribution in [0.2, 0.25) is 0 Å². The zero-order chi connectivity index (χ0) is 16.2. The number of amides is 1. The van der Waals surface area contributed by atoms with Gasteiger partial charge in [-0.25, -0.2) is 4.98 Å². The highest BCUT2D eigenvalue weighted by Gasteiger charge is 2.30. The van der Waals surface area contributed by atoms with Crippen LogP contribution in [0.4, 0.5) is 18.9 Å². The summed E-state index contributed by atoms with van der Waals surface area (Å²) in [4.78, 5) is 16.1. The Kier molecular flexibility index (Phi) is 5.07. The molecule has 0 bridgehead atoms. The maximum absolute atomic E-state index is 12.6. The Morgan fingerprint density at radius 2 is 2.00 bits per heavy atom. The molecule has 0 radical (unpaired) electrons. The van der Waals surface area contributed by atoms with E-state index in [1.54, 1.807) is 31.3 Å². The van der Waals surface area contributed by atoms with Gasteiger partial charge in [-0.05, 0) is 37.3 Å². The molecule has 1 atom stereocenters. The Labute approximate surface area is 129 Å². The van der Waals surface area contributed by atoms with Crippen molar-refractivity contribution in [1.29, 1.82) is 0 Å². The van der Waals surface area contributed by atoms with E-state index in [-0.39, 0.29) is 11.6 Å². The molecule has 0 aliphatic heterocycles. The number of thioether (sulfide) groups is 1. The number of nitrogens with one attached hydrogen (secondary N) is 1. The average Bonchev–Trinajstić information content (AvgIpc) is 2.47. The van der Waals surface area contributed by atoms with E-state index in [1.165, 1.54) is 23.9 Å². The Morgan fingerprint density at radius 3 is 2.64 bits per heavy atom. The standard InChI is InChI=1S/C15H13F3N2OS/c1-10(22-13-7-2-3-8-19-13)14(21)20-12-6-4-5-11(9-12)15(16,17)18/h2-10H,1H3,(H,20,21)/t10-/m1/s1. The number of rotatable bonds is 4. The summed E-state index contributed by atoms with van der Waals surface area (Å²) in [5, 5.41) is 2.68. The van der Waals surface area contributed by atoms with Gasteiger partial charge in [-0.15, -0.1) is 0 Å². The summed E-state index contributed by atoms with van der Waals surface area (Å²) in [7, 11) is 0. The Hall–Kier alpha value is -2.02. The van der Waals surface area contributed by atoms with Crippen molar-refractivity contribution in [2.45, 2.75) is 23.4 Å². The number of anilines is 1. The van der Waals surface area contributed by atoms with Gasteiger partial charge in [0.05, 0.1) is 15.8 Å². The number of aromatic nitrogens is 1. The summed E-state index contributed by atoms with van der Waals surface area (Å²) in [6.07, 6.45) is -2.82. The molecule has 0 spiro atoms. The molecule has 0 aliphatic carbocycles. The minimum atomic E-state index is -4.44. The van der Waals surface area contributed by atoms with Gasteiger partial charge in [-0.1, -0.05) is 23.9 Å². The number of benzene rings is 1. The average molecular weight is 326 g/mol. The van der Waals surface area contributed by atoms with Crippen molar-refractivity contribution < 1.29 is 18.0 Å². The first kappa shape index (κ1) is 16.4. The highest BCUT2D eigenvalue weighted by Crippen LogP contribution is 2.31. The molecule has 116 valence electrons. The van der Waals surface area contributed by atoms with E-state index in [0.29, 0.717) is 5.03 Å². The molecular formula is C15H13F3N2OS. The molecule has 0 unspecified atom stereocenters. The molecule has 3 nitrogen and oxygen atoms in total. The highest BCUT2D eigenvalue weighted by molar-refractivity contribution is 8.00. The van der Waals surface area contributed by atoms with E-state index < -0.39 is 17.0 Å². The van der Waals surface area contributed by atoms with Crippen molar-refractivity contribution >= 4 is 23.4 Å². The summed E-state index contributed by atoms with van der Waals surface area (Å²) < 4.78 is 37.9. The van der Waals surface area contributed by atoms with Crippen LogP contribution in [0, 0.1) is 0 Å². The minimum Gasteiger partial charge on any atom is -0.325 e. The second-order valence-electron chi connectivity index (χ2n) is 4.50. The highest BCUT2D eigenvalue weighted by atomic mass is 32.2. The van der Waals surface area contributed by atoms with Gasteiger partial charge in [-0.3, -0.25) is 4.79 Å². The van der Waals surface area contributed by atoms with Gasteiger partial charge in [0.25, 0.3) is 0 Å². The zero-order valence-electron chi connectivity index (χ0n) is 11.6. The van der Waals surface area contributed by atoms with Crippen LogP contribution in [0.25, 0.3) is 0 Å². The third kappa shape index (κ3) is 4.49. The number of hydrogen-bond acceptors (Lipinski definition) is 3. The molecule has 2 rings (SSSR count). The number of alkyl halides is 3. The Morgan fingerprint density at radius 1 is 1.23 bits per heavy atom. The van der Waals surface area contributed by atoms with Gasteiger partial charge in [0.2, 0.25) is 5.91 Å². The molecule has 1 aromatic heterocycles. The summed E-state index contributed by atoms with van der Waals surface area (Å²) in [5.41, 5.74) is -0.677. The van der Waals surface area contributed by atoms with E-state index in [0.717, 1.165) is 12.1 Å². The summed E-state index contributed by atoms with van der Waals surface area (Å²) in [6, 6.07) is 9.88. The summed E-state index contributed by atoms with van der Waals surface area (Å²) in [6.45, 7) is 1.67. The van der Waals surface area contributed by atoms with Crippen molar-refractivity contribution in [3.63, 3.8) is 0 Å². The molecule has 0 fully saturated rings. The molecule has 1 amide bonds. The quantitative estimate of drug-likeness (QED) is 0.856. The van der Waals surface area contributed by atoms with E-state index in [1.807, 2.05) is 0 Å². The zero-order valence-corrected chi connectivity index (χ0v) is 12.4. The van der Waals surface area contributed by atoms with Crippen LogP contribution in [-0.2, 0) is 11.0 Å². The fraction of sp³-hybridized carbons (Fsp3) is 0.200. The second-order valence-corrected chi connectivity index (χ2v) is 5.86. The normalized spacial score (nSPS) is 12.7. The van der Waals surface area contributed by atoms with Crippen LogP contribution in [0.3, 0.4) is 0 Å². The third-order valence-electron chi connectivity index (χ3n) is 2.76. The van der Waals surface area contributed by atoms with Crippen molar-refractivity contribution in [3.05, 3.63) is 54.2 Å². The molecule has 7 heteroatoms. The Bertz CT molecular complexity index is 647. The smallest absolute Gasteiger partial charge is 0.325 e. The first-order valence-electron chi connectivity index (χ1n) is 6.42. The summed E-state index contributed by atoms with van der Waals surface area (Å²) in [5.74, 6) is -0.380. The van der Waals surface area contributed by atoms with Gasteiger partial charge in [0.1, 0.15) is 0 Å². The van der Waals surface area contributed by atoms with Crippen molar-refractivity contribution in [2.75, 3.05) is 5.32 Å². The SMILES string of the molecule is C[C@@H](Sc1ccccn1)C(=O)Nc1cccc(C(F)(F)F)c1. The second kappa shape index (κ2) is 6.83. The predicted molar refractivity (Wildman–Crippen MR) is 79.6 cm³/mol. The minimum absolute atomic E-state index is 0.119. The van der Waals surface area contributed by atoms with Crippen molar-refractivity contribution in [3.8, 4) is 0 Å². The van der Waals surface area contributed by atoms with Gasteiger partial charge < -0.3 is 5.32 Å². The van der Waals surface area contributed by atoms with Gasteiger partial charge in [0, 0.05) is 11.9 Å². The van der Waals surface area contributed by atoms with Crippen LogP contribution in [0.5, 0.6) is 0 Å². The van der Waals surface area contributed by atoms with Gasteiger partial charge in [0.15, 0.2) is 0 Å². The van der Waals surface area contributed by atoms with E-state index in [2.05, 4.69) is 10.3 Å². The number of pyridine rings is 1. The fourth-order valence-electron chi connectivity index (χ4n) is 1.67. The molecule has 1 heterocycles. The largest absolute Gasteiger partial charge is 0.416 e. The molecule has 2 aromatic rings. The van der Waals surface area contributed by atoms with E-state index >= 15 is 0 Å². The molecule has 22 heavy (non-hydrogen) atoms. The lowest BCUT2D eigenvalue weighted by molar-refractivity contribution is -0.137. The lowest BCUT2D eigenvalue weighted by atomic mass is 10.2. The van der Waals surface area contributed by atoms with Crippen molar-refractivity contribution in [1.82, 2.24) is 4.98 Å². The third-order valence-corrected chi connectivity index (χ3v) is 3.81. The molecule has 1 N–H and O–H groups in total. The Balaban J connectivity index is 2.02. The molecule has 0 saturated carbocycles. The van der Waals surface area contributed by atoms with Gasteiger partial charge in [-0.2, -0.15) is 13.2 Å². The van der Waals surface area contributed by atoms with Crippen LogP contribution in [0.1, 0.15) is 12.5 Å². The number of halogens is 3. The first-order chi connectivity index (χ1) is 10.4. The number of hydrogen-bond donors (Lipinski definition) is 1. The molecule has 0 aliphatic rings. The molecule has 0 saturated heterocycles. The molecule has 1 aromatic carbocycles. The van der Waals surface area contributed by atoms with Gasteiger partial charge >= 0.3 is 6.18 Å². The lowest BCUT2D eigenvalue weighted by Crippen LogP contribution is -2.22. The number of carbonyl (C=O) groups excluding carboxylic acids is 1. The molecular weight excluding hydrogens is 313 g/mol. The van der Waals surface area contributed by atoms with E-state index in [4.69, 9.17) is 0 Å². The van der Waals surface area contributed by atoms with E-state index in [9.17, 15) is 18.0 Å². The van der Waals surface area contributed by atoms with Crippen LogP contribution in [-0.4, -0.2) is 16.1 Å². The number of carbonyl (C=O) groups is 1. The summed E-state index contributed by atoms with van der Waals surface area (Å²) >= 11 is 1.24. The lowest BCUT2D eigenvalue weighted by Gasteiger charge is -2.13. The maximum Gasteiger partial charge on any atom is 0.416 e. The monoisotopic (exact) mass is 326 g/mol. The van der Waals surface area contributed by atoms with Crippen LogP contribution in [0.15, 0.2) is 53.7 Å². The van der Waals surface area contributed by atoms with Crippen molar-refractivity contribution in [2.24, 2.45) is 0 Å². The van der Waals surface area contributed by atoms with Crippen LogP contribution < -0.4 is 5.32 Å². The predicted octanol–water partition coefficient (Wildman–Crippen LogP) is 4.22. The van der Waals surface area contributed by atoms with Crippen LogP contribution >= 0.6 is 11.8 Å². The fourth-order valence-corrected chi connectivity index (χ4v) is 2.48.